The molecule has 1 amide bonds. The predicted octanol–water partition coefficient (Wildman–Crippen LogP) is 2.73. The number of hydrogen-bond acceptors (Lipinski definition) is 1. The van der Waals surface area contributed by atoms with Gasteiger partial charge in [0.25, 0.3) is 0 Å². The smallest absolute Gasteiger partial charge is 0.220 e. The van der Waals surface area contributed by atoms with Gasteiger partial charge in [-0.25, -0.2) is 0 Å². The number of aromatic nitrogens is 1. The highest BCUT2D eigenvalue weighted by molar-refractivity contribution is 5.79. The van der Waals surface area contributed by atoms with Crippen LogP contribution in [0.5, 0.6) is 0 Å². The number of nitrogens with one attached hydrogen (secondary N) is 1. The third kappa shape index (κ3) is 2.18. The van der Waals surface area contributed by atoms with E-state index in [1.165, 1.54) is 17.0 Å². The second-order valence-electron chi connectivity index (χ2n) is 5.50. The van der Waals surface area contributed by atoms with Crippen LogP contribution in [0.4, 0.5) is 0 Å². The maximum atomic E-state index is 11.5. The van der Waals surface area contributed by atoms with Crippen molar-refractivity contribution in [3.63, 3.8) is 0 Å². The molecule has 1 saturated heterocycles. The standard InChI is InChI=1S/C15H24N2O/c1-5-15(8-7-14(18)16-15)10-13-9-11(3)17(6-2)12(13)4/h9H,5-8,10H2,1-4H3,(H,16,18). The van der Waals surface area contributed by atoms with Crippen molar-refractivity contribution in [2.75, 3.05) is 0 Å². The molecule has 0 spiro atoms. The zero-order valence-electron chi connectivity index (χ0n) is 12.0. The first kappa shape index (κ1) is 13.2. The number of nitrogens with zero attached hydrogens (tertiary/aromatic N) is 1. The van der Waals surface area contributed by atoms with E-state index in [1.807, 2.05) is 0 Å². The first-order valence-electron chi connectivity index (χ1n) is 6.98. The van der Waals surface area contributed by atoms with Gasteiger partial charge < -0.3 is 9.88 Å². The van der Waals surface area contributed by atoms with E-state index in [1.54, 1.807) is 0 Å². The molecule has 100 valence electrons. The molecule has 18 heavy (non-hydrogen) atoms. The molecule has 0 saturated carbocycles. The van der Waals surface area contributed by atoms with Crippen molar-refractivity contribution >= 4 is 5.91 Å². The Hall–Kier alpha value is -1.25. The summed E-state index contributed by atoms with van der Waals surface area (Å²) in [6.45, 7) is 9.71. The highest BCUT2D eigenvalue weighted by atomic mass is 16.2. The summed E-state index contributed by atoms with van der Waals surface area (Å²) in [4.78, 5) is 11.5. The molecule has 3 heteroatoms. The monoisotopic (exact) mass is 248 g/mol. The fraction of sp³-hybridized carbons (Fsp3) is 0.667. The van der Waals surface area contributed by atoms with Gasteiger partial charge in [0.2, 0.25) is 5.91 Å². The van der Waals surface area contributed by atoms with Crippen LogP contribution in [0.15, 0.2) is 6.07 Å². The summed E-state index contributed by atoms with van der Waals surface area (Å²) < 4.78 is 2.34. The summed E-state index contributed by atoms with van der Waals surface area (Å²) >= 11 is 0. The van der Waals surface area contributed by atoms with E-state index >= 15 is 0 Å². The number of carbonyl (C=O) groups excluding carboxylic acids is 1. The van der Waals surface area contributed by atoms with Gasteiger partial charge >= 0.3 is 0 Å². The van der Waals surface area contributed by atoms with Crippen LogP contribution in [0.1, 0.15) is 50.1 Å². The van der Waals surface area contributed by atoms with E-state index in [4.69, 9.17) is 0 Å². The van der Waals surface area contributed by atoms with Crippen molar-refractivity contribution in [2.24, 2.45) is 0 Å². The van der Waals surface area contributed by atoms with Crippen LogP contribution >= 0.6 is 0 Å². The Labute approximate surface area is 110 Å². The van der Waals surface area contributed by atoms with E-state index in [0.29, 0.717) is 6.42 Å². The van der Waals surface area contributed by atoms with Crippen LogP contribution in [0, 0.1) is 13.8 Å². The van der Waals surface area contributed by atoms with Gasteiger partial charge in [-0.15, -0.1) is 0 Å². The van der Waals surface area contributed by atoms with Gasteiger partial charge in [-0.3, -0.25) is 4.79 Å². The van der Waals surface area contributed by atoms with E-state index in [2.05, 4.69) is 43.6 Å². The highest BCUT2D eigenvalue weighted by Gasteiger charge is 2.36. The normalized spacial score (nSPS) is 23.4. The van der Waals surface area contributed by atoms with Gasteiger partial charge in [-0.1, -0.05) is 6.92 Å². The number of rotatable bonds is 4. The summed E-state index contributed by atoms with van der Waals surface area (Å²) in [6.07, 6.45) is 3.63. The van der Waals surface area contributed by atoms with Crippen molar-refractivity contribution in [1.29, 1.82) is 0 Å². The van der Waals surface area contributed by atoms with Crippen molar-refractivity contribution in [2.45, 2.75) is 65.5 Å². The number of carbonyl (C=O) groups is 1. The Morgan fingerprint density at radius 3 is 2.56 bits per heavy atom. The molecule has 3 nitrogen and oxygen atoms in total. The van der Waals surface area contributed by atoms with Crippen LogP contribution < -0.4 is 5.32 Å². The lowest BCUT2D eigenvalue weighted by atomic mass is 9.87. The van der Waals surface area contributed by atoms with Gasteiger partial charge in [0.15, 0.2) is 0 Å². The van der Waals surface area contributed by atoms with Gasteiger partial charge in [0.05, 0.1) is 0 Å². The Morgan fingerprint density at radius 2 is 2.11 bits per heavy atom. The molecule has 0 aromatic carbocycles. The lowest BCUT2D eigenvalue weighted by molar-refractivity contribution is -0.119. The molecule has 1 aliphatic heterocycles. The number of hydrogen-bond donors (Lipinski definition) is 1. The number of aryl methyl sites for hydroxylation is 1. The molecule has 2 heterocycles. The average Bonchev–Trinajstić information content (AvgIpc) is 2.82. The molecule has 1 N–H and O–H groups in total. The molecule has 0 aliphatic carbocycles. The van der Waals surface area contributed by atoms with Crippen molar-refractivity contribution in [3.8, 4) is 0 Å². The molecule has 1 aromatic rings. The first-order chi connectivity index (χ1) is 8.51. The van der Waals surface area contributed by atoms with Gasteiger partial charge in [0.1, 0.15) is 0 Å². The molecule has 1 unspecified atom stereocenters. The zero-order valence-corrected chi connectivity index (χ0v) is 12.0. The SMILES string of the molecule is CCn1c(C)cc(CC2(CC)CCC(=O)N2)c1C. The van der Waals surface area contributed by atoms with Gasteiger partial charge in [-0.05, 0) is 51.7 Å². The first-order valence-corrected chi connectivity index (χ1v) is 6.98. The summed E-state index contributed by atoms with van der Waals surface area (Å²) in [5.41, 5.74) is 4.05. The lowest BCUT2D eigenvalue weighted by Gasteiger charge is -2.27. The minimum atomic E-state index is -0.00575. The Bertz CT molecular complexity index is 461. The average molecular weight is 248 g/mol. The second kappa shape index (κ2) is 4.79. The fourth-order valence-corrected chi connectivity index (χ4v) is 3.20. The van der Waals surface area contributed by atoms with Gasteiger partial charge in [-0.2, -0.15) is 0 Å². The topological polar surface area (TPSA) is 34.0 Å². The third-order valence-electron chi connectivity index (χ3n) is 4.44. The van der Waals surface area contributed by atoms with E-state index in [9.17, 15) is 4.79 Å². The number of amides is 1. The minimum Gasteiger partial charge on any atom is -0.350 e. The summed E-state index contributed by atoms with van der Waals surface area (Å²) in [6, 6.07) is 2.28. The molecule has 1 aromatic heterocycles. The van der Waals surface area contributed by atoms with E-state index in [-0.39, 0.29) is 11.4 Å². The molecule has 0 bridgehead atoms. The summed E-state index contributed by atoms with van der Waals surface area (Å²) in [5.74, 6) is 0.209. The predicted molar refractivity (Wildman–Crippen MR) is 73.7 cm³/mol. The van der Waals surface area contributed by atoms with Crippen molar-refractivity contribution in [3.05, 3.63) is 23.0 Å². The van der Waals surface area contributed by atoms with Crippen molar-refractivity contribution in [1.82, 2.24) is 9.88 Å². The third-order valence-corrected chi connectivity index (χ3v) is 4.44. The van der Waals surface area contributed by atoms with Crippen LogP contribution in [0.3, 0.4) is 0 Å². The van der Waals surface area contributed by atoms with E-state index < -0.39 is 0 Å². The largest absolute Gasteiger partial charge is 0.350 e. The Morgan fingerprint density at radius 1 is 1.39 bits per heavy atom. The second-order valence-corrected chi connectivity index (χ2v) is 5.50. The lowest BCUT2D eigenvalue weighted by Crippen LogP contribution is -2.43. The van der Waals surface area contributed by atoms with Crippen LogP contribution in [-0.4, -0.2) is 16.0 Å². The molecule has 1 fully saturated rings. The maximum absolute atomic E-state index is 11.5. The maximum Gasteiger partial charge on any atom is 0.220 e. The summed E-state index contributed by atoms with van der Waals surface area (Å²) in [7, 11) is 0. The molecule has 1 atom stereocenters. The molecular formula is C15H24N2O. The van der Waals surface area contributed by atoms with Crippen LogP contribution in [0.25, 0.3) is 0 Å². The quantitative estimate of drug-likeness (QED) is 0.873. The fourth-order valence-electron chi connectivity index (χ4n) is 3.20. The highest BCUT2D eigenvalue weighted by Crippen LogP contribution is 2.30. The molecular weight excluding hydrogens is 224 g/mol. The van der Waals surface area contributed by atoms with Gasteiger partial charge in [0, 0.05) is 29.9 Å². The molecule has 0 radical (unpaired) electrons. The Balaban J connectivity index is 2.25. The zero-order chi connectivity index (χ0) is 13.3. The Kier molecular flexibility index (Phi) is 3.51. The minimum absolute atomic E-state index is 0.00575. The summed E-state index contributed by atoms with van der Waals surface area (Å²) in [5, 5.41) is 3.19. The van der Waals surface area contributed by atoms with Crippen LogP contribution in [0.2, 0.25) is 0 Å². The van der Waals surface area contributed by atoms with Crippen molar-refractivity contribution < 1.29 is 4.79 Å². The van der Waals surface area contributed by atoms with Crippen LogP contribution in [-0.2, 0) is 17.8 Å². The molecule has 2 rings (SSSR count). The van der Waals surface area contributed by atoms with E-state index in [0.717, 1.165) is 25.8 Å². The molecule has 1 aliphatic rings.